The van der Waals surface area contributed by atoms with Crippen molar-refractivity contribution in [2.75, 3.05) is 11.1 Å². The van der Waals surface area contributed by atoms with Crippen molar-refractivity contribution in [3.8, 4) is 0 Å². The first-order chi connectivity index (χ1) is 9.04. The number of rotatable bonds is 4. The van der Waals surface area contributed by atoms with Crippen LogP contribution in [0.1, 0.15) is 6.92 Å². The molecule has 0 aliphatic carbocycles. The van der Waals surface area contributed by atoms with Gasteiger partial charge in [0.25, 0.3) is 0 Å². The molecule has 0 aliphatic rings. The molecule has 0 fully saturated rings. The van der Waals surface area contributed by atoms with Crippen LogP contribution in [0, 0.1) is 0 Å². The van der Waals surface area contributed by atoms with Crippen LogP contribution in [0.15, 0.2) is 28.6 Å². The third-order valence-electron chi connectivity index (χ3n) is 2.16. The fraction of sp³-hybridized carbons (Fsp3) is 0.182. The molecule has 3 N–H and O–H groups in total. The van der Waals surface area contributed by atoms with Gasteiger partial charge in [-0.1, -0.05) is 40.8 Å². The number of carbonyl (C=O) groups is 1. The van der Waals surface area contributed by atoms with Crippen molar-refractivity contribution >= 4 is 51.4 Å². The van der Waals surface area contributed by atoms with E-state index in [9.17, 15) is 4.79 Å². The number of hydrogen-bond donors (Lipinski definition) is 2. The molecule has 100 valence electrons. The zero-order chi connectivity index (χ0) is 13.8. The minimum absolute atomic E-state index is 0.124. The van der Waals surface area contributed by atoms with E-state index in [2.05, 4.69) is 15.5 Å². The lowest BCUT2D eigenvalue weighted by atomic mass is 10.3. The van der Waals surface area contributed by atoms with Gasteiger partial charge < -0.3 is 11.1 Å². The number of benzene rings is 1. The van der Waals surface area contributed by atoms with E-state index in [0.29, 0.717) is 20.2 Å². The number of thioether (sulfide) groups is 1. The van der Waals surface area contributed by atoms with Crippen LogP contribution in [0.3, 0.4) is 0 Å². The summed E-state index contributed by atoms with van der Waals surface area (Å²) in [5.74, 6) is -0.124. The third kappa shape index (κ3) is 4.09. The highest BCUT2D eigenvalue weighted by atomic mass is 35.5. The maximum absolute atomic E-state index is 12.0. The molecule has 1 amide bonds. The normalized spacial score (nSPS) is 12.1. The molecule has 0 bridgehead atoms. The fourth-order valence-corrected chi connectivity index (χ4v) is 3.25. The molecular weight excluding hydrogens is 304 g/mol. The van der Waals surface area contributed by atoms with Crippen molar-refractivity contribution in [1.82, 2.24) is 10.2 Å². The highest BCUT2D eigenvalue weighted by Gasteiger charge is 2.17. The summed E-state index contributed by atoms with van der Waals surface area (Å²) in [6.07, 6.45) is 0. The molecule has 0 aliphatic heterocycles. The van der Waals surface area contributed by atoms with E-state index in [1.807, 2.05) is 0 Å². The Labute approximate surface area is 123 Å². The minimum Gasteiger partial charge on any atom is -0.374 e. The van der Waals surface area contributed by atoms with Gasteiger partial charge in [0.2, 0.25) is 11.0 Å². The van der Waals surface area contributed by atoms with E-state index in [4.69, 9.17) is 17.3 Å². The molecule has 1 aromatic carbocycles. The van der Waals surface area contributed by atoms with Crippen molar-refractivity contribution in [2.24, 2.45) is 0 Å². The fourth-order valence-electron chi connectivity index (χ4n) is 1.28. The van der Waals surface area contributed by atoms with Crippen molar-refractivity contribution in [3.05, 3.63) is 29.3 Å². The monoisotopic (exact) mass is 314 g/mol. The largest absolute Gasteiger partial charge is 0.374 e. The molecule has 19 heavy (non-hydrogen) atoms. The number of nitrogen functional groups attached to an aromatic ring is 1. The Balaban J connectivity index is 1.96. The molecule has 0 spiro atoms. The van der Waals surface area contributed by atoms with E-state index in [0.717, 1.165) is 0 Å². The zero-order valence-electron chi connectivity index (χ0n) is 9.96. The van der Waals surface area contributed by atoms with Gasteiger partial charge in [-0.05, 0) is 25.1 Å². The van der Waals surface area contributed by atoms with Gasteiger partial charge in [0.1, 0.15) is 0 Å². The smallest absolute Gasteiger partial charge is 0.237 e. The molecule has 1 heterocycles. The molecule has 0 radical (unpaired) electrons. The summed E-state index contributed by atoms with van der Waals surface area (Å²) in [6.45, 7) is 1.79. The number of nitrogens with one attached hydrogen (secondary N) is 1. The summed E-state index contributed by atoms with van der Waals surface area (Å²) in [6, 6.07) is 7.00. The van der Waals surface area contributed by atoms with Crippen molar-refractivity contribution in [1.29, 1.82) is 0 Å². The maximum Gasteiger partial charge on any atom is 0.237 e. The molecule has 0 saturated carbocycles. The average molecular weight is 315 g/mol. The van der Waals surface area contributed by atoms with Crippen LogP contribution in [0.5, 0.6) is 0 Å². The summed E-state index contributed by atoms with van der Waals surface area (Å²) in [7, 11) is 0. The SMILES string of the molecule is C[C@@H](Sc1nnc(N)s1)C(=O)Nc1cccc(Cl)c1. The van der Waals surface area contributed by atoms with Gasteiger partial charge in [-0.3, -0.25) is 4.79 Å². The second-order valence-corrected chi connectivity index (χ2v) is 6.70. The third-order valence-corrected chi connectivity index (χ3v) is 4.33. The molecule has 0 unspecified atom stereocenters. The molecule has 0 saturated heterocycles. The summed E-state index contributed by atoms with van der Waals surface area (Å²) in [4.78, 5) is 12.0. The number of aromatic nitrogens is 2. The molecule has 1 atom stereocenters. The summed E-state index contributed by atoms with van der Waals surface area (Å²) < 4.78 is 0.672. The average Bonchev–Trinajstić information content (AvgIpc) is 2.74. The van der Waals surface area contributed by atoms with Gasteiger partial charge in [0.05, 0.1) is 5.25 Å². The van der Waals surface area contributed by atoms with E-state index in [-0.39, 0.29) is 11.2 Å². The highest BCUT2D eigenvalue weighted by Crippen LogP contribution is 2.28. The van der Waals surface area contributed by atoms with Gasteiger partial charge in [-0.15, -0.1) is 10.2 Å². The van der Waals surface area contributed by atoms with Gasteiger partial charge in [-0.2, -0.15) is 0 Å². The number of nitrogens with zero attached hydrogens (tertiary/aromatic N) is 2. The molecule has 8 heteroatoms. The first-order valence-corrected chi connectivity index (χ1v) is 7.44. The van der Waals surface area contributed by atoms with Crippen molar-refractivity contribution < 1.29 is 4.79 Å². The maximum atomic E-state index is 12.0. The second kappa shape index (κ2) is 6.23. The second-order valence-electron chi connectivity index (χ2n) is 3.67. The van der Waals surface area contributed by atoms with E-state index in [1.165, 1.54) is 23.1 Å². The van der Waals surface area contributed by atoms with Crippen LogP contribution in [0.2, 0.25) is 5.02 Å². The number of carbonyl (C=O) groups excluding carboxylic acids is 1. The molecule has 2 aromatic rings. The van der Waals surface area contributed by atoms with Gasteiger partial charge >= 0.3 is 0 Å². The van der Waals surface area contributed by atoms with Gasteiger partial charge in [0, 0.05) is 10.7 Å². The van der Waals surface area contributed by atoms with Crippen LogP contribution in [0.4, 0.5) is 10.8 Å². The molecule has 1 aromatic heterocycles. The van der Waals surface area contributed by atoms with Crippen LogP contribution in [0.25, 0.3) is 0 Å². The minimum atomic E-state index is -0.300. The Morgan fingerprint density at radius 2 is 2.32 bits per heavy atom. The Morgan fingerprint density at radius 1 is 1.53 bits per heavy atom. The lowest BCUT2D eigenvalue weighted by Gasteiger charge is -2.10. The lowest BCUT2D eigenvalue weighted by Crippen LogP contribution is -2.22. The predicted molar refractivity (Wildman–Crippen MR) is 79.7 cm³/mol. The van der Waals surface area contributed by atoms with Crippen LogP contribution in [-0.2, 0) is 4.79 Å². The standard InChI is InChI=1S/C11H11ClN4OS2/c1-6(18-11-16-15-10(13)19-11)9(17)14-8-4-2-3-7(12)5-8/h2-6H,1H3,(H2,13,15)(H,14,17)/t6-/m1/s1. The number of nitrogens with two attached hydrogens (primary N) is 1. The summed E-state index contributed by atoms with van der Waals surface area (Å²) in [5, 5.41) is 11.0. The quantitative estimate of drug-likeness (QED) is 0.848. The van der Waals surface area contributed by atoms with Gasteiger partial charge in [0.15, 0.2) is 4.34 Å². The van der Waals surface area contributed by atoms with Crippen molar-refractivity contribution in [3.63, 3.8) is 0 Å². The lowest BCUT2D eigenvalue weighted by molar-refractivity contribution is -0.115. The Morgan fingerprint density at radius 3 is 2.95 bits per heavy atom. The predicted octanol–water partition coefficient (Wildman–Crippen LogP) is 2.89. The number of anilines is 2. The van der Waals surface area contributed by atoms with Crippen LogP contribution in [-0.4, -0.2) is 21.4 Å². The Hall–Kier alpha value is -1.31. The number of halogens is 1. The van der Waals surface area contributed by atoms with E-state index in [1.54, 1.807) is 31.2 Å². The number of amides is 1. The van der Waals surface area contributed by atoms with Crippen LogP contribution >= 0.6 is 34.7 Å². The molecule has 2 rings (SSSR count). The zero-order valence-corrected chi connectivity index (χ0v) is 12.4. The first kappa shape index (κ1) is 14.1. The summed E-state index contributed by atoms with van der Waals surface area (Å²) >= 11 is 8.43. The Kier molecular flexibility index (Phi) is 4.62. The number of hydrogen-bond acceptors (Lipinski definition) is 6. The Bertz CT molecular complexity index is 590. The van der Waals surface area contributed by atoms with E-state index < -0.39 is 0 Å². The molecular formula is C11H11ClN4OS2. The van der Waals surface area contributed by atoms with Crippen LogP contribution < -0.4 is 11.1 Å². The van der Waals surface area contributed by atoms with Crippen molar-refractivity contribution in [2.45, 2.75) is 16.5 Å². The topological polar surface area (TPSA) is 80.9 Å². The molecule has 5 nitrogen and oxygen atoms in total. The van der Waals surface area contributed by atoms with Gasteiger partial charge in [-0.25, -0.2) is 0 Å². The van der Waals surface area contributed by atoms with E-state index >= 15 is 0 Å². The highest BCUT2D eigenvalue weighted by molar-refractivity contribution is 8.02. The first-order valence-electron chi connectivity index (χ1n) is 5.36. The summed E-state index contributed by atoms with van der Waals surface area (Å²) in [5.41, 5.74) is 6.16.